The van der Waals surface area contributed by atoms with E-state index in [0.29, 0.717) is 18.0 Å². The molecule has 3 rings (SSSR count). The first-order valence-electron chi connectivity index (χ1n) is 9.21. The summed E-state index contributed by atoms with van der Waals surface area (Å²) < 4.78 is 25.9. The van der Waals surface area contributed by atoms with Crippen LogP contribution in [0.2, 0.25) is 0 Å². The van der Waals surface area contributed by atoms with Crippen molar-refractivity contribution in [2.24, 2.45) is 0 Å². The molecule has 0 radical (unpaired) electrons. The van der Waals surface area contributed by atoms with Crippen LogP contribution in [0.3, 0.4) is 0 Å². The number of aliphatic carboxylic acids is 1. The van der Waals surface area contributed by atoms with E-state index in [-0.39, 0.29) is 5.82 Å². The van der Waals surface area contributed by atoms with Crippen LogP contribution < -0.4 is 9.47 Å². The Morgan fingerprint density at radius 2 is 1.87 bits per heavy atom. The Morgan fingerprint density at radius 1 is 1.10 bits per heavy atom. The Balaban J connectivity index is 1.84. The molecule has 0 unspecified atom stereocenters. The summed E-state index contributed by atoms with van der Waals surface area (Å²) in [6, 6.07) is 19.5. The highest BCUT2D eigenvalue weighted by Crippen LogP contribution is 2.34. The molecule has 0 amide bonds. The third kappa shape index (κ3) is 5.98. The van der Waals surface area contributed by atoms with Crippen LogP contribution in [0.4, 0.5) is 4.39 Å². The molecule has 0 aromatic heterocycles. The number of nitrogens with zero attached hydrogens (tertiary/aromatic N) is 1. The molecule has 0 fully saturated rings. The number of ether oxygens (including phenoxy) is 2. The van der Waals surface area contributed by atoms with Crippen LogP contribution >= 0.6 is 11.9 Å². The zero-order valence-electron chi connectivity index (χ0n) is 16.7. The summed E-state index contributed by atoms with van der Waals surface area (Å²) in [4.78, 5) is 11.9. The second-order valence-corrected chi connectivity index (χ2v) is 7.85. The van der Waals surface area contributed by atoms with E-state index in [1.807, 2.05) is 47.8 Å². The fraction of sp³-hybridized carbons (Fsp3) is 0.174. The normalized spacial score (nSPS) is 10.8. The van der Waals surface area contributed by atoms with Gasteiger partial charge in [-0.1, -0.05) is 18.2 Å². The number of carboxylic acid groups (broad SMARTS) is 1. The SMILES string of the molecule is COc1cccc(-c2cc(CN(C)Sc3ccc(F)cc3)ccc2OCC(=O)O)c1. The van der Waals surface area contributed by atoms with Crippen molar-refractivity contribution >= 4 is 17.9 Å². The Hall–Kier alpha value is -3.03. The number of hydrogen-bond donors (Lipinski definition) is 1. The van der Waals surface area contributed by atoms with Crippen molar-refractivity contribution in [3.8, 4) is 22.6 Å². The molecule has 0 spiro atoms. The maximum Gasteiger partial charge on any atom is 0.341 e. The molecule has 0 heterocycles. The van der Waals surface area contributed by atoms with E-state index in [1.54, 1.807) is 25.3 Å². The molecule has 0 saturated heterocycles. The Kier molecular flexibility index (Phi) is 7.32. The molecule has 0 aliphatic rings. The monoisotopic (exact) mass is 427 g/mol. The first-order valence-corrected chi connectivity index (χ1v) is 9.98. The molecule has 5 nitrogen and oxygen atoms in total. The summed E-state index contributed by atoms with van der Waals surface area (Å²) >= 11 is 1.51. The average Bonchev–Trinajstić information content (AvgIpc) is 2.74. The third-order valence-electron chi connectivity index (χ3n) is 4.26. The maximum absolute atomic E-state index is 13.1. The van der Waals surface area contributed by atoms with E-state index in [4.69, 9.17) is 14.6 Å². The standard InChI is InChI=1S/C23H22FNO4S/c1-25(30-20-9-7-18(24)8-10-20)14-16-6-11-22(29-15-23(26)27)21(12-16)17-4-3-5-19(13-17)28-2/h3-13H,14-15H2,1-2H3,(H,26,27). The Labute approximate surface area is 179 Å². The maximum atomic E-state index is 13.1. The number of methoxy groups -OCH3 is 1. The van der Waals surface area contributed by atoms with Gasteiger partial charge in [0, 0.05) is 17.0 Å². The van der Waals surface area contributed by atoms with Gasteiger partial charge in [-0.3, -0.25) is 0 Å². The Bertz CT molecular complexity index is 1010. The van der Waals surface area contributed by atoms with E-state index in [2.05, 4.69) is 0 Å². The van der Waals surface area contributed by atoms with Crippen molar-refractivity contribution in [2.45, 2.75) is 11.4 Å². The number of halogens is 1. The van der Waals surface area contributed by atoms with Crippen LogP contribution in [-0.4, -0.2) is 36.1 Å². The van der Waals surface area contributed by atoms with Gasteiger partial charge in [0.15, 0.2) is 6.61 Å². The van der Waals surface area contributed by atoms with Crippen molar-refractivity contribution in [2.75, 3.05) is 20.8 Å². The van der Waals surface area contributed by atoms with Gasteiger partial charge in [-0.25, -0.2) is 13.5 Å². The van der Waals surface area contributed by atoms with Gasteiger partial charge in [0.2, 0.25) is 0 Å². The van der Waals surface area contributed by atoms with E-state index < -0.39 is 12.6 Å². The minimum absolute atomic E-state index is 0.262. The molecule has 156 valence electrons. The van der Waals surface area contributed by atoms with Crippen LogP contribution in [0.1, 0.15) is 5.56 Å². The smallest absolute Gasteiger partial charge is 0.341 e. The van der Waals surface area contributed by atoms with Crippen LogP contribution in [0, 0.1) is 5.82 Å². The molecular formula is C23H22FNO4S. The lowest BCUT2D eigenvalue weighted by Gasteiger charge is -2.18. The average molecular weight is 427 g/mol. The van der Waals surface area contributed by atoms with Gasteiger partial charge < -0.3 is 14.6 Å². The summed E-state index contributed by atoms with van der Waals surface area (Å²) in [6.07, 6.45) is 0. The van der Waals surface area contributed by atoms with Crippen LogP contribution in [-0.2, 0) is 11.3 Å². The van der Waals surface area contributed by atoms with Crippen molar-refractivity contribution < 1.29 is 23.8 Å². The van der Waals surface area contributed by atoms with Crippen molar-refractivity contribution in [3.63, 3.8) is 0 Å². The fourth-order valence-electron chi connectivity index (χ4n) is 2.92. The number of carbonyl (C=O) groups is 1. The van der Waals surface area contributed by atoms with Crippen LogP contribution in [0.5, 0.6) is 11.5 Å². The van der Waals surface area contributed by atoms with Crippen LogP contribution in [0.25, 0.3) is 11.1 Å². The molecule has 0 aliphatic heterocycles. The van der Waals surface area contributed by atoms with E-state index >= 15 is 0 Å². The number of hydrogen-bond acceptors (Lipinski definition) is 5. The molecule has 0 saturated carbocycles. The second-order valence-electron chi connectivity index (χ2n) is 6.58. The summed E-state index contributed by atoms with van der Waals surface area (Å²) in [5, 5.41) is 8.97. The molecule has 0 bridgehead atoms. The lowest BCUT2D eigenvalue weighted by Crippen LogP contribution is -2.11. The molecule has 30 heavy (non-hydrogen) atoms. The van der Waals surface area contributed by atoms with Crippen molar-refractivity contribution in [1.29, 1.82) is 0 Å². The van der Waals surface area contributed by atoms with E-state index in [9.17, 15) is 9.18 Å². The first-order chi connectivity index (χ1) is 14.4. The minimum Gasteiger partial charge on any atom is -0.497 e. The second kappa shape index (κ2) is 10.1. The van der Waals surface area contributed by atoms with Gasteiger partial charge in [0.1, 0.15) is 17.3 Å². The van der Waals surface area contributed by atoms with Gasteiger partial charge in [0.25, 0.3) is 0 Å². The van der Waals surface area contributed by atoms with Crippen LogP contribution in [0.15, 0.2) is 71.6 Å². The van der Waals surface area contributed by atoms with Gasteiger partial charge in [-0.15, -0.1) is 0 Å². The largest absolute Gasteiger partial charge is 0.497 e. The quantitative estimate of drug-likeness (QED) is 0.479. The molecular weight excluding hydrogens is 405 g/mol. The molecule has 0 aliphatic carbocycles. The fourth-order valence-corrected chi connectivity index (χ4v) is 3.75. The van der Waals surface area contributed by atoms with Gasteiger partial charge in [0.05, 0.1) is 7.11 Å². The highest BCUT2D eigenvalue weighted by atomic mass is 32.2. The summed E-state index contributed by atoms with van der Waals surface area (Å²) in [5.74, 6) is -0.109. The number of carboxylic acids is 1. The highest BCUT2D eigenvalue weighted by Gasteiger charge is 2.12. The lowest BCUT2D eigenvalue weighted by molar-refractivity contribution is -0.139. The predicted molar refractivity (Wildman–Crippen MR) is 115 cm³/mol. The summed E-state index contributed by atoms with van der Waals surface area (Å²) in [6.45, 7) is 0.203. The van der Waals surface area contributed by atoms with Gasteiger partial charge >= 0.3 is 5.97 Å². The topological polar surface area (TPSA) is 59.0 Å². The first kappa shape index (κ1) is 21.7. The number of benzene rings is 3. The summed E-state index contributed by atoms with van der Waals surface area (Å²) in [5.41, 5.74) is 2.67. The molecule has 7 heteroatoms. The van der Waals surface area contributed by atoms with E-state index in [0.717, 1.165) is 21.6 Å². The van der Waals surface area contributed by atoms with Gasteiger partial charge in [-0.2, -0.15) is 0 Å². The van der Waals surface area contributed by atoms with Crippen molar-refractivity contribution in [1.82, 2.24) is 4.31 Å². The molecule has 1 N–H and O–H groups in total. The van der Waals surface area contributed by atoms with Crippen molar-refractivity contribution in [3.05, 3.63) is 78.1 Å². The summed E-state index contributed by atoms with van der Waals surface area (Å²) in [7, 11) is 3.55. The highest BCUT2D eigenvalue weighted by molar-refractivity contribution is 7.97. The predicted octanol–water partition coefficient (Wildman–Crippen LogP) is 5.10. The van der Waals surface area contributed by atoms with E-state index in [1.165, 1.54) is 24.1 Å². The zero-order chi connectivity index (χ0) is 21.5. The number of rotatable bonds is 9. The lowest BCUT2D eigenvalue weighted by atomic mass is 10.0. The zero-order valence-corrected chi connectivity index (χ0v) is 17.5. The minimum atomic E-state index is -1.04. The molecule has 3 aromatic rings. The third-order valence-corrected chi connectivity index (χ3v) is 5.18. The Morgan fingerprint density at radius 3 is 2.57 bits per heavy atom. The molecule has 0 atom stereocenters. The molecule has 3 aromatic carbocycles. The van der Waals surface area contributed by atoms with Gasteiger partial charge in [-0.05, 0) is 78.7 Å².